The Morgan fingerprint density at radius 2 is 0.234 bits per heavy atom. The van der Waals surface area contributed by atoms with E-state index in [-0.39, 0.29) is 0 Å². The van der Waals surface area contributed by atoms with Gasteiger partial charge in [0.2, 0.25) is 0 Å². The van der Waals surface area contributed by atoms with Crippen molar-refractivity contribution in [1.82, 2.24) is 0 Å². The average molecular weight is 900 g/mol. The van der Waals surface area contributed by atoms with Crippen LogP contribution in [0.15, 0.2) is 0 Å². The van der Waals surface area contributed by atoms with E-state index in [1.165, 1.54) is 12.8 Å². The van der Waals surface area contributed by atoms with Gasteiger partial charge in [-0.3, -0.25) is 0 Å². The largest absolute Gasteiger partial charge is 0.0625 e. The van der Waals surface area contributed by atoms with Gasteiger partial charge in [0, 0.05) is 0 Å². The van der Waals surface area contributed by atoms with Gasteiger partial charge in [0.05, 0.1) is 0 Å². The molecule has 2 unspecified atom stereocenters. The lowest BCUT2D eigenvalue weighted by molar-refractivity contribution is -0.0903. The second-order valence-corrected chi connectivity index (χ2v) is 28.8. The van der Waals surface area contributed by atoms with Crippen LogP contribution in [0.25, 0.3) is 0 Å². The van der Waals surface area contributed by atoms with Gasteiger partial charge in [-0.25, -0.2) is 0 Å². The van der Waals surface area contributed by atoms with Gasteiger partial charge < -0.3 is 0 Å². The molecular weight excluding hydrogens is 769 g/mol. The Labute approximate surface area is 410 Å². The highest BCUT2D eigenvalue weighted by molar-refractivity contribution is 5.01. The van der Waals surface area contributed by atoms with E-state index in [4.69, 9.17) is 0 Å². The van der Waals surface area contributed by atoms with E-state index in [1.54, 1.807) is 0 Å². The highest BCUT2D eigenvalue weighted by Crippen LogP contribution is 2.59. The Hall–Kier alpha value is 0. The summed E-state index contributed by atoms with van der Waals surface area (Å²) in [5.41, 5.74) is 0. The van der Waals surface area contributed by atoms with Crippen LogP contribution >= 0.6 is 0 Å². The van der Waals surface area contributed by atoms with Gasteiger partial charge in [0.1, 0.15) is 0 Å². The molecule has 2 atom stereocenters. The number of hydrogen-bond donors (Lipinski definition) is 0. The molecule has 0 N–H and O–H groups in total. The van der Waals surface area contributed by atoms with Gasteiger partial charge in [-0.05, 0) is 190 Å². The smallest absolute Gasteiger partial charge is 0.0316 e. The molecule has 0 heteroatoms. The molecule has 0 spiro atoms. The maximum absolute atomic E-state index is 2.65. The predicted octanol–water partition coefficient (Wildman–Crippen LogP) is 20.9. The van der Waals surface area contributed by atoms with Crippen LogP contribution in [0.2, 0.25) is 0 Å². The summed E-state index contributed by atoms with van der Waals surface area (Å²) in [6, 6.07) is 0. The lowest BCUT2D eigenvalue weighted by atomic mass is 9.48. The molecule has 0 aliphatic carbocycles. The molecule has 0 nitrogen and oxygen atoms in total. The van der Waals surface area contributed by atoms with Crippen LogP contribution in [0.4, 0.5) is 0 Å². The minimum Gasteiger partial charge on any atom is -0.0625 e. The van der Waals surface area contributed by atoms with E-state index in [2.05, 4.69) is 222 Å². The van der Waals surface area contributed by atoms with E-state index in [0.29, 0.717) is 178 Å². The highest BCUT2D eigenvalue weighted by Gasteiger charge is 2.53. The first-order chi connectivity index (χ1) is 29.1. The highest BCUT2D eigenvalue weighted by atomic mass is 14.6. The van der Waals surface area contributed by atoms with E-state index < -0.39 is 0 Å². The van der Waals surface area contributed by atoms with E-state index in [0.717, 1.165) is 0 Å². The topological polar surface area (TPSA) is 0 Å². The second-order valence-electron chi connectivity index (χ2n) is 28.8. The molecule has 0 aliphatic rings. The molecular formula is C64H130. The molecule has 386 valence electrons. The summed E-state index contributed by atoms with van der Waals surface area (Å²) < 4.78 is 0. The third kappa shape index (κ3) is 17.1. The fourth-order valence-electron chi connectivity index (χ4n) is 18.3. The van der Waals surface area contributed by atoms with Crippen molar-refractivity contribution < 1.29 is 0 Å². The normalized spacial score (nSPS) is 15.4. The van der Waals surface area contributed by atoms with Crippen molar-refractivity contribution in [2.24, 2.45) is 178 Å². The Balaban J connectivity index is 10.2. The summed E-state index contributed by atoms with van der Waals surface area (Å²) in [5, 5.41) is 0. The quantitative estimate of drug-likeness (QED) is 0.0650. The minimum atomic E-state index is 0.646. The molecule has 0 aromatic heterocycles. The Morgan fingerprint density at radius 3 is 0.328 bits per heavy atom. The molecule has 0 fully saturated rings. The molecule has 0 aromatic rings. The molecule has 0 saturated heterocycles. The summed E-state index contributed by atoms with van der Waals surface area (Å²) in [6.45, 7) is 84.1. The van der Waals surface area contributed by atoms with E-state index in [1.807, 2.05) is 0 Å². The Morgan fingerprint density at radius 1 is 0.125 bits per heavy atom. The number of hydrogen-bond acceptors (Lipinski definition) is 0. The number of rotatable bonds is 31. The summed E-state index contributed by atoms with van der Waals surface area (Å²) in [5.74, 6) is 20.1. The molecule has 0 bridgehead atoms. The lowest BCUT2D eigenvalue weighted by Gasteiger charge is -2.57. The predicted molar refractivity (Wildman–Crippen MR) is 296 cm³/mol. The van der Waals surface area contributed by atoms with Gasteiger partial charge in [-0.1, -0.05) is 222 Å². The van der Waals surface area contributed by atoms with Crippen molar-refractivity contribution in [2.45, 2.75) is 234 Å². The van der Waals surface area contributed by atoms with Crippen molar-refractivity contribution >= 4 is 0 Å². The van der Waals surface area contributed by atoms with Crippen molar-refractivity contribution in [2.75, 3.05) is 0 Å². The Kier molecular flexibility index (Phi) is 28.6. The van der Waals surface area contributed by atoms with Crippen LogP contribution < -0.4 is 0 Å². The molecule has 0 aliphatic heterocycles. The van der Waals surface area contributed by atoms with Gasteiger partial charge in [-0.15, -0.1) is 0 Å². The zero-order chi connectivity index (χ0) is 50.7. The van der Waals surface area contributed by atoms with E-state index in [9.17, 15) is 0 Å². The fourth-order valence-corrected chi connectivity index (χ4v) is 18.3. The zero-order valence-corrected chi connectivity index (χ0v) is 50.7. The SMILES string of the molecule is CC(C)C(C(C)C)C(CC(C(CC(C(C(C)C)C(C)C)C(C(C)C)C(C)C)C(C(C(C)C)C(C)C)C(C(C)C)C(C)C)C(C(C(C)C)C(C)C)C(C(C)C)C(C)C)C(C(C)C)C(C)C. The molecule has 0 rings (SSSR count). The second kappa shape index (κ2) is 28.6. The summed E-state index contributed by atoms with van der Waals surface area (Å²) >= 11 is 0. The van der Waals surface area contributed by atoms with Gasteiger partial charge >= 0.3 is 0 Å². The molecule has 64 heavy (non-hydrogen) atoms. The van der Waals surface area contributed by atoms with Crippen LogP contribution in [0.1, 0.15) is 234 Å². The van der Waals surface area contributed by atoms with Crippen LogP contribution in [-0.2, 0) is 0 Å². The summed E-state index contributed by atoms with van der Waals surface area (Å²) in [6.07, 6.45) is 2.81. The van der Waals surface area contributed by atoms with Crippen molar-refractivity contribution in [3.05, 3.63) is 0 Å². The Bertz CT molecular complexity index is 932. The van der Waals surface area contributed by atoms with Crippen LogP contribution in [0.5, 0.6) is 0 Å². The monoisotopic (exact) mass is 899 g/mol. The average Bonchev–Trinajstić information content (AvgIpc) is 3.06. The lowest BCUT2D eigenvalue weighted by Crippen LogP contribution is -2.51. The van der Waals surface area contributed by atoms with Gasteiger partial charge in [-0.2, -0.15) is 0 Å². The molecule has 0 aromatic carbocycles. The molecule has 0 heterocycles. The van der Waals surface area contributed by atoms with E-state index >= 15 is 0 Å². The summed E-state index contributed by atoms with van der Waals surface area (Å²) in [4.78, 5) is 0. The van der Waals surface area contributed by atoms with Crippen LogP contribution in [0, 0.1) is 178 Å². The fraction of sp³-hybridized carbons (Fsp3) is 1.00. The minimum absolute atomic E-state index is 0.646. The van der Waals surface area contributed by atoms with Gasteiger partial charge in [0.15, 0.2) is 0 Å². The van der Waals surface area contributed by atoms with Crippen molar-refractivity contribution in [3.63, 3.8) is 0 Å². The maximum Gasteiger partial charge on any atom is -0.0316 e. The molecule has 0 saturated carbocycles. The van der Waals surface area contributed by atoms with Crippen LogP contribution in [0.3, 0.4) is 0 Å². The first kappa shape index (κ1) is 64.0. The maximum atomic E-state index is 2.65. The first-order valence-corrected chi connectivity index (χ1v) is 29.1. The third-order valence-corrected chi connectivity index (χ3v) is 18.7. The standard InChI is InChI=1S/C64H130/c1-35(2)55(36(3)4)53(56(37(5)6)38(7)8)33-51(63(59(43(17)18)44(19)20)60(45(21)22)46(23)24)52(64(61(47(25)26)48(27)28)62(49(29)30)50(31)32)34-54(57(39(9)10)40(11)12)58(41(13)14)42(15)16/h35-64H,33-34H2,1-32H3. The molecule has 0 amide bonds. The first-order valence-electron chi connectivity index (χ1n) is 29.1. The third-order valence-electron chi connectivity index (χ3n) is 18.7. The van der Waals surface area contributed by atoms with Crippen molar-refractivity contribution in [1.29, 1.82) is 0 Å². The van der Waals surface area contributed by atoms with Gasteiger partial charge in [0.25, 0.3) is 0 Å². The van der Waals surface area contributed by atoms with Crippen LogP contribution in [-0.4, -0.2) is 0 Å². The summed E-state index contributed by atoms with van der Waals surface area (Å²) in [7, 11) is 0. The molecule has 0 radical (unpaired) electrons. The van der Waals surface area contributed by atoms with Crippen molar-refractivity contribution in [3.8, 4) is 0 Å². The zero-order valence-electron chi connectivity index (χ0n) is 50.7.